The first-order chi connectivity index (χ1) is 11.3. The minimum Gasteiger partial charge on any atom is -0.435 e. The van der Waals surface area contributed by atoms with E-state index >= 15 is 0 Å². The molecule has 0 fully saturated rings. The van der Waals surface area contributed by atoms with Crippen LogP contribution in [0, 0.1) is 0 Å². The summed E-state index contributed by atoms with van der Waals surface area (Å²) in [5.41, 5.74) is 2.71. The van der Waals surface area contributed by atoms with Crippen LogP contribution < -0.4 is 0 Å². The van der Waals surface area contributed by atoms with Crippen LogP contribution in [0.1, 0.15) is 0 Å². The van der Waals surface area contributed by atoms with Crippen molar-refractivity contribution in [2.75, 3.05) is 0 Å². The lowest BCUT2D eigenvalue weighted by atomic mass is 10.1. The summed E-state index contributed by atoms with van der Waals surface area (Å²) in [5.74, 6) is 0.654. The van der Waals surface area contributed by atoms with E-state index in [0.29, 0.717) is 5.89 Å². The summed E-state index contributed by atoms with van der Waals surface area (Å²) in [4.78, 5) is 4.65. The predicted molar refractivity (Wildman–Crippen MR) is 97.3 cm³/mol. The topological polar surface area (TPSA) is 26.0 Å². The first-order valence-electron chi connectivity index (χ1n) is 7.26. The zero-order valence-corrected chi connectivity index (χ0v) is 13.5. The highest BCUT2D eigenvalue weighted by atomic mass is 35.5. The van der Waals surface area contributed by atoms with Gasteiger partial charge in [0, 0.05) is 30.8 Å². The van der Waals surface area contributed by atoms with Crippen LogP contribution >= 0.6 is 22.9 Å². The van der Waals surface area contributed by atoms with Crippen LogP contribution in [-0.2, 0) is 0 Å². The average molecular weight is 336 g/mol. The highest BCUT2D eigenvalue weighted by Crippen LogP contribution is 2.40. The molecule has 0 aliphatic carbocycles. The van der Waals surface area contributed by atoms with E-state index in [9.17, 15) is 0 Å². The highest BCUT2D eigenvalue weighted by Gasteiger charge is 2.15. The minimum absolute atomic E-state index is 0.654. The van der Waals surface area contributed by atoms with E-state index in [1.54, 1.807) is 11.3 Å². The molecule has 0 saturated carbocycles. The summed E-state index contributed by atoms with van der Waals surface area (Å²) >= 11 is 7.84. The van der Waals surface area contributed by atoms with E-state index in [1.807, 2.05) is 48.5 Å². The average Bonchev–Trinajstić information content (AvgIpc) is 3.15. The third-order valence-corrected chi connectivity index (χ3v) is 5.33. The van der Waals surface area contributed by atoms with Crippen molar-refractivity contribution in [1.82, 2.24) is 4.98 Å². The van der Waals surface area contributed by atoms with Crippen molar-refractivity contribution in [3.05, 3.63) is 65.7 Å². The Morgan fingerprint density at radius 2 is 1.78 bits per heavy atom. The number of hydrogen-bond donors (Lipinski definition) is 0. The number of halogens is 1. The van der Waals surface area contributed by atoms with Gasteiger partial charge in [0.2, 0.25) is 5.89 Å². The van der Waals surface area contributed by atoms with Crippen LogP contribution in [-0.4, -0.2) is 4.98 Å². The summed E-state index contributed by atoms with van der Waals surface area (Å²) in [7, 11) is 0. The molecule has 0 bridgehead atoms. The van der Waals surface area contributed by atoms with Crippen molar-refractivity contribution in [2.24, 2.45) is 0 Å². The van der Waals surface area contributed by atoms with Crippen molar-refractivity contribution in [3.63, 3.8) is 0 Å². The molecule has 0 aliphatic heterocycles. The number of fused-ring (bicyclic) bond motifs is 5. The number of thiophene rings is 1. The van der Waals surface area contributed by atoms with Gasteiger partial charge in [0.25, 0.3) is 0 Å². The minimum atomic E-state index is 0.654. The second kappa shape index (κ2) is 4.82. The summed E-state index contributed by atoms with van der Waals surface area (Å²) in [6.45, 7) is 0. The van der Waals surface area contributed by atoms with Crippen molar-refractivity contribution in [2.45, 2.75) is 0 Å². The largest absolute Gasteiger partial charge is 0.435 e. The molecule has 23 heavy (non-hydrogen) atoms. The Labute approximate surface area is 140 Å². The number of rotatable bonds is 1. The zero-order chi connectivity index (χ0) is 15.4. The van der Waals surface area contributed by atoms with Gasteiger partial charge in [-0.3, -0.25) is 0 Å². The van der Waals surface area contributed by atoms with Gasteiger partial charge >= 0.3 is 0 Å². The van der Waals surface area contributed by atoms with Gasteiger partial charge in [0.15, 0.2) is 5.58 Å². The fourth-order valence-electron chi connectivity index (χ4n) is 2.92. The molecule has 5 aromatic rings. The maximum Gasteiger partial charge on any atom is 0.227 e. The molecule has 5 rings (SSSR count). The van der Waals surface area contributed by atoms with Crippen molar-refractivity contribution in [1.29, 1.82) is 0 Å². The van der Waals surface area contributed by atoms with Gasteiger partial charge in [0.05, 0.1) is 0 Å². The number of benzene rings is 3. The van der Waals surface area contributed by atoms with Crippen LogP contribution in [0.25, 0.3) is 42.7 Å². The Balaban J connectivity index is 1.88. The molecule has 0 saturated heterocycles. The van der Waals surface area contributed by atoms with E-state index in [-0.39, 0.29) is 0 Å². The Hall–Kier alpha value is -2.36. The van der Waals surface area contributed by atoms with Gasteiger partial charge in [0.1, 0.15) is 5.52 Å². The van der Waals surface area contributed by atoms with Crippen molar-refractivity contribution < 1.29 is 4.42 Å². The van der Waals surface area contributed by atoms with E-state index < -0.39 is 0 Å². The van der Waals surface area contributed by atoms with Gasteiger partial charge < -0.3 is 4.42 Å². The van der Waals surface area contributed by atoms with Gasteiger partial charge in [-0.1, -0.05) is 35.9 Å². The van der Waals surface area contributed by atoms with Gasteiger partial charge in [-0.05, 0) is 36.4 Å². The molecule has 4 heteroatoms. The lowest BCUT2D eigenvalue weighted by Gasteiger charge is -1.94. The monoisotopic (exact) mass is 335 g/mol. The van der Waals surface area contributed by atoms with Crippen molar-refractivity contribution in [3.8, 4) is 11.5 Å². The number of aromatic nitrogens is 1. The zero-order valence-electron chi connectivity index (χ0n) is 11.9. The SMILES string of the molecule is Clc1ccc2c(c1)sc1ccc3nc(-c4ccccc4)oc3c12. The molecule has 3 aromatic carbocycles. The third kappa shape index (κ3) is 1.97. The Kier molecular flexibility index (Phi) is 2.75. The van der Waals surface area contributed by atoms with Crippen molar-refractivity contribution >= 4 is 54.2 Å². The van der Waals surface area contributed by atoms with Gasteiger partial charge in [-0.2, -0.15) is 0 Å². The van der Waals surface area contributed by atoms with Crippen LogP contribution in [0.2, 0.25) is 5.02 Å². The third-order valence-electron chi connectivity index (χ3n) is 3.97. The molecule has 0 radical (unpaired) electrons. The fourth-order valence-corrected chi connectivity index (χ4v) is 4.30. The van der Waals surface area contributed by atoms with E-state index in [4.69, 9.17) is 16.0 Å². The van der Waals surface area contributed by atoms with Crippen LogP contribution in [0.4, 0.5) is 0 Å². The summed E-state index contributed by atoms with van der Waals surface area (Å²) in [6, 6.07) is 20.1. The molecular weight excluding hydrogens is 326 g/mol. The molecule has 0 aliphatic rings. The summed E-state index contributed by atoms with van der Waals surface area (Å²) < 4.78 is 8.48. The van der Waals surface area contributed by atoms with Crippen LogP contribution in [0.5, 0.6) is 0 Å². The smallest absolute Gasteiger partial charge is 0.227 e. The van der Waals surface area contributed by atoms with Gasteiger partial charge in [-0.25, -0.2) is 4.98 Å². The number of nitrogens with zero attached hydrogens (tertiary/aromatic N) is 1. The maximum atomic E-state index is 6.13. The predicted octanol–water partition coefficient (Wildman–Crippen LogP) is 6.52. The quantitative estimate of drug-likeness (QED) is 0.348. The standard InChI is InChI=1S/C19H10ClNOS/c20-12-6-7-13-16(10-12)23-15-9-8-14-18(17(13)15)22-19(21-14)11-4-2-1-3-5-11/h1-10H. The molecule has 0 atom stereocenters. The molecule has 0 amide bonds. The molecule has 2 aromatic heterocycles. The fraction of sp³-hybridized carbons (Fsp3) is 0. The Morgan fingerprint density at radius 1 is 0.913 bits per heavy atom. The Bertz CT molecular complexity index is 1170. The molecular formula is C19H10ClNOS. The molecule has 0 spiro atoms. The van der Waals surface area contributed by atoms with Crippen LogP contribution in [0.15, 0.2) is 65.1 Å². The number of oxazole rings is 1. The second-order valence-electron chi connectivity index (χ2n) is 5.41. The summed E-state index contributed by atoms with van der Waals surface area (Å²) in [5, 5.41) is 3.03. The van der Waals surface area contributed by atoms with E-state index in [1.165, 1.54) is 4.70 Å². The molecule has 110 valence electrons. The second-order valence-corrected chi connectivity index (χ2v) is 6.93. The lowest BCUT2D eigenvalue weighted by molar-refractivity contribution is 0.623. The molecule has 0 N–H and O–H groups in total. The summed E-state index contributed by atoms with van der Waals surface area (Å²) in [6.07, 6.45) is 0. The Morgan fingerprint density at radius 3 is 2.65 bits per heavy atom. The molecule has 2 nitrogen and oxygen atoms in total. The maximum absolute atomic E-state index is 6.13. The van der Waals surface area contributed by atoms with Gasteiger partial charge in [-0.15, -0.1) is 11.3 Å². The lowest BCUT2D eigenvalue weighted by Crippen LogP contribution is -1.74. The van der Waals surface area contributed by atoms with E-state index in [0.717, 1.165) is 37.2 Å². The first-order valence-corrected chi connectivity index (χ1v) is 8.46. The number of hydrogen-bond acceptors (Lipinski definition) is 3. The molecule has 0 unspecified atom stereocenters. The normalized spacial score (nSPS) is 11.7. The van der Waals surface area contributed by atoms with Crippen LogP contribution in [0.3, 0.4) is 0 Å². The molecule has 2 heterocycles. The van der Waals surface area contributed by atoms with E-state index in [2.05, 4.69) is 17.1 Å². The first kappa shape index (κ1) is 13.1. The highest BCUT2D eigenvalue weighted by molar-refractivity contribution is 7.26.